The van der Waals surface area contributed by atoms with Crippen LogP contribution in [0.25, 0.3) is 0 Å². The van der Waals surface area contributed by atoms with Gasteiger partial charge in [0.05, 0.1) is 12.7 Å². The Labute approximate surface area is 169 Å². The zero-order valence-electron chi connectivity index (χ0n) is 16.6. The number of carbonyl (C=O) groups is 2. The van der Waals surface area contributed by atoms with Gasteiger partial charge in [0.2, 0.25) is 5.91 Å². The predicted octanol–water partition coefficient (Wildman–Crippen LogP) is 3.15. The van der Waals surface area contributed by atoms with E-state index in [4.69, 9.17) is 9.47 Å². The third-order valence-corrected chi connectivity index (χ3v) is 4.95. The van der Waals surface area contributed by atoms with Crippen LogP contribution < -0.4 is 14.8 Å². The lowest BCUT2D eigenvalue weighted by molar-refractivity contribution is -0.130. The molecular weight excluding hydrogens is 375 g/mol. The summed E-state index contributed by atoms with van der Waals surface area (Å²) in [7, 11) is 1.53. The average Bonchev–Trinajstić information content (AvgIpc) is 2.72. The number of amides is 2. The molecule has 0 aromatic heterocycles. The van der Waals surface area contributed by atoms with Crippen LogP contribution in [0.2, 0.25) is 0 Å². The summed E-state index contributed by atoms with van der Waals surface area (Å²) in [5.41, 5.74) is 1.02. The molecule has 0 saturated carbocycles. The average molecular weight is 400 g/mol. The predicted molar refractivity (Wildman–Crippen MR) is 106 cm³/mol. The summed E-state index contributed by atoms with van der Waals surface area (Å²) < 4.78 is 24.7. The van der Waals surface area contributed by atoms with Crippen LogP contribution in [0.15, 0.2) is 42.5 Å². The van der Waals surface area contributed by atoms with Crippen molar-refractivity contribution in [2.45, 2.75) is 32.4 Å². The molecule has 1 N–H and O–H groups in total. The van der Waals surface area contributed by atoms with E-state index in [1.165, 1.54) is 19.2 Å². The topological polar surface area (TPSA) is 67.9 Å². The molecule has 2 aromatic rings. The van der Waals surface area contributed by atoms with E-state index in [1.807, 2.05) is 0 Å². The first-order valence-electron chi connectivity index (χ1n) is 9.59. The highest BCUT2D eigenvalue weighted by molar-refractivity contribution is 5.97. The van der Waals surface area contributed by atoms with Gasteiger partial charge in [-0.25, -0.2) is 4.39 Å². The molecule has 2 amide bonds. The fraction of sp³-hybridized carbons (Fsp3) is 0.364. The molecular formula is C22H25FN2O4. The second kappa shape index (κ2) is 9.41. The number of halogens is 1. The number of hydrogen-bond donors (Lipinski definition) is 1. The van der Waals surface area contributed by atoms with E-state index in [2.05, 4.69) is 5.32 Å². The summed E-state index contributed by atoms with van der Waals surface area (Å²) >= 11 is 0. The summed E-state index contributed by atoms with van der Waals surface area (Å²) in [6.45, 7) is 3.03. The fourth-order valence-corrected chi connectivity index (χ4v) is 3.31. The highest BCUT2D eigenvalue weighted by atomic mass is 19.1. The van der Waals surface area contributed by atoms with E-state index in [0.717, 1.165) is 0 Å². The van der Waals surface area contributed by atoms with Crippen molar-refractivity contribution in [3.63, 3.8) is 0 Å². The molecule has 0 unspecified atom stereocenters. The molecule has 2 aromatic carbocycles. The molecule has 1 fully saturated rings. The Kier molecular flexibility index (Phi) is 6.69. The van der Waals surface area contributed by atoms with Gasteiger partial charge in [-0.2, -0.15) is 0 Å². The van der Waals surface area contributed by atoms with Crippen molar-refractivity contribution in [1.29, 1.82) is 0 Å². The Bertz CT molecular complexity index is 879. The number of rotatable bonds is 6. The van der Waals surface area contributed by atoms with Gasteiger partial charge in [-0.1, -0.05) is 12.1 Å². The molecule has 6 nitrogen and oxygen atoms in total. The Hall–Kier alpha value is -3.09. The number of likely N-dealkylation sites (tertiary alicyclic amines) is 1. The molecule has 154 valence electrons. The van der Waals surface area contributed by atoms with Crippen molar-refractivity contribution in [2.24, 2.45) is 0 Å². The van der Waals surface area contributed by atoms with Crippen molar-refractivity contribution in [1.82, 2.24) is 10.2 Å². The minimum absolute atomic E-state index is 0.0605. The van der Waals surface area contributed by atoms with Gasteiger partial charge in [0.25, 0.3) is 5.91 Å². The van der Waals surface area contributed by atoms with Gasteiger partial charge >= 0.3 is 0 Å². The molecule has 7 heteroatoms. The van der Waals surface area contributed by atoms with Crippen LogP contribution in [0.5, 0.6) is 11.5 Å². The van der Waals surface area contributed by atoms with E-state index in [1.54, 1.807) is 42.2 Å². The largest absolute Gasteiger partial charge is 0.497 e. The first-order valence-corrected chi connectivity index (χ1v) is 9.59. The maximum absolute atomic E-state index is 13.3. The molecule has 29 heavy (non-hydrogen) atoms. The lowest BCUT2D eigenvalue weighted by Gasteiger charge is -2.31. The summed E-state index contributed by atoms with van der Waals surface area (Å²) in [5.74, 6) is 0.386. The van der Waals surface area contributed by atoms with E-state index in [9.17, 15) is 14.0 Å². The molecule has 0 atom stereocenters. The van der Waals surface area contributed by atoms with Gasteiger partial charge in [0.1, 0.15) is 23.4 Å². The SMILES string of the molecule is COc1ccc(OC2CCN(C(C)=O)CC2)c(C(=O)NCc2cccc(F)c2)c1. The van der Waals surface area contributed by atoms with Gasteiger partial charge in [-0.15, -0.1) is 0 Å². The van der Waals surface area contributed by atoms with Crippen LogP contribution in [0.4, 0.5) is 4.39 Å². The van der Waals surface area contributed by atoms with Gasteiger partial charge in [0, 0.05) is 39.4 Å². The lowest BCUT2D eigenvalue weighted by Crippen LogP contribution is -2.40. The molecule has 1 saturated heterocycles. The van der Waals surface area contributed by atoms with Crippen molar-refractivity contribution in [3.05, 3.63) is 59.4 Å². The third-order valence-electron chi connectivity index (χ3n) is 4.95. The third kappa shape index (κ3) is 5.47. The van der Waals surface area contributed by atoms with E-state index >= 15 is 0 Å². The maximum atomic E-state index is 13.3. The Balaban J connectivity index is 1.70. The Morgan fingerprint density at radius 3 is 2.59 bits per heavy atom. The molecule has 0 radical (unpaired) electrons. The zero-order chi connectivity index (χ0) is 20.8. The van der Waals surface area contributed by atoms with Gasteiger partial charge in [-0.3, -0.25) is 9.59 Å². The molecule has 1 aliphatic heterocycles. The fourth-order valence-electron chi connectivity index (χ4n) is 3.31. The van der Waals surface area contributed by atoms with Crippen molar-refractivity contribution in [3.8, 4) is 11.5 Å². The molecule has 1 heterocycles. The highest BCUT2D eigenvalue weighted by Crippen LogP contribution is 2.27. The van der Waals surface area contributed by atoms with E-state index in [0.29, 0.717) is 48.6 Å². The number of ether oxygens (including phenoxy) is 2. The first-order chi connectivity index (χ1) is 14.0. The standard InChI is InChI=1S/C22H25FN2O4/c1-15(26)25-10-8-18(9-11-25)29-21-7-6-19(28-2)13-20(21)22(27)24-14-16-4-3-5-17(23)12-16/h3-7,12-13,18H,8-11,14H2,1-2H3,(H,24,27). The number of nitrogens with one attached hydrogen (secondary N) is 1. The molecule has 3 rings (SSSR count). The Morgan fingerprint density at radius 2 is 1.93 bits per heavy atom. The number of piperidine rings is 1. The monoisotopic (exact) mass is 400 g/mol. The van der Waals surface area contributed by atoms with Crippen LogP contribution in [0.1, 0.15) is 35.7 Å². The molecule has 0 spiro atoms. The minimum Gasteiger partial charge on any atom is -0.497 e. The first kappa shape index (κ1) is 20.6. The van der Waals surface area contributed by atoms with Crippen LogP contribution in [-0.2, 0) is 11.3 Å². The quantitative estimate of drug-likeness (QED) is 0.809. The molecule has 0 bridgehead atoms. The van der Waals surface area contributed by atoms with Gasteiger partial charge < -0.3 is 19.7 Å². The summed E-state index contributed by atoms with van der Waals surface area (Å²) in [4.78, 5) is 26.1. The number of methoxy groups -OCH3 is 1. The van der Waals surface area contributed by atoms with E-state index < -0.39 is 0 Å². The number of benzene rings is 2. The smallest absolute Gasteiger partial charge is 0.255 e. The van der Waals surface area contributed by atoms with Gasteiger partial charge in [0.15, 0.2) is 0 Å². The summed E-state index contributed by atoms with van der Waals surface area (Å²) in [6, 6.07) is 11.2. The number of carbonyl (C=O) groups excluding carboxylic acids is 2. The van der Waals surface area contributed by atoms with E-state index in [-0.39, 0.29) is 30.3 Å². The second-order valence-electron chi connectivity index (χ2n) is 7.00. The summed E-state index contributed by atoms with van der Waals surface area (Å²) in [5, 5.41) is 2.80. The van der Waals surface area contributed by atoms with Crippen molar-refractivity contribution >= 4 is 11.8 Å². The second-order valence-corrected chi connectivity index (χ2v) is 7.00. The van der Waals surface area contributed by atoms with Crippen molar-refractivity contribution in [2.75, 3.05) is 20.2 Å². The Morgan fingerprint density at radius 1 is 1.17 bits per heavy atom. The van der Waals surface area contributed by atoms with Crippen LogP contribution in [-0.4, -0.2) is 43.0 Å². The maximum Gasteiger partial charge on any atom is 0.255 e. The molecule has 1 aliphatic rings. The minimum atomic E-state index is -0.348. The van der Waals surface area contributed by atoms with Gasteiger partial charge in [-0.05, 0) is 35.9 Å². The van der Waals surface area contributed by atoms with Crippen LogP contribution in [0, 0.1) is 5.82 Å². The van der Waals surface area contributed by atoms with Crippen LogP contribution >= 0.6 is 0 Å². The zero-order valence-corrected chi connectivity index (χ0v) is 16.6. The number of hydrogen-bond acceptors (Lipinski definition) is 4. The number of nitrogens with zero attached hydrogens (tertiary/aromatic N) is 1. The van der Waals surface area contributed by atoms with Crippen molar-refractivity contribution < 1.29 is 23.5 Å². The normalized spacial score (nSPS) is 14.4. The lowest BCUT2D eigenvalue weighted by atomic mass is 10.1. The summed E-state index contributed by atoms with van der Waals surface area (Å²) in [6.07, 6.45) is 1.33. The highest BCUT2D eigenvalue weighted by Gasteiger charge is 2.24. The van der Waals surface area contributed by atoms with Crippen LogP contribution in [0.3, 0.4) is 0 Å². The molecule has 0 aliphatic carbocycles.